The van der Waals surface area contributed by atoms with Crippen LogP contribution in [0.15, 0.2) is 84.9 Å². The Morgan fingerprint density at radius 1 is 0.885 bits per heavy atom. The molecule has 1 N–H and O–H groups in total. The van der Waals surface area contributed by atoms with Gasteiger partial charge in [-0.2, -0.15) is 0 Å². The average Bonchev–Trinajstić information content (AvgIpc) is 2.69. The normalized spacial score (nSPS) is 11.0. The molecule has 0 radical (unpaired) electrons. The number of amides is 1. The van der Waals surface area contributed by atoms with Crippen LogP contribution in [0, 0.1) is 0 Å². The molecule has 0 saturated heterocycles. The molecule has 3 rings (SSSR count). The maximum atomic E-state index is 12.9. The highest BCUT2D eigenvalue weighted by molar-refractivity contribution is 6.29. The van der Waals surface area contributed by atoms with E-state index in [1.807, 2.05) is 97.9 Å². The number of hydrogen-bond donors (Lipinski definition) is 1. The van der Waals surface area contributed by atoms with Crippen molar-refractivity contribution in [1.29, 1.82) is 0 Å². The quantitative estimate of drug-likeness (QED) is 0.489. The second-order valence-corrected chi connectivity index (χ2v) is 5.75. The lowest BCUT2D eigenvalue weighted by molar-refractivity contribution is -0.111. The summed E-state index contributed by atoms with van der Waals surface area (Å²) in [6, 6.07) is 26.9. The van der Waals surface area contributed by atoms with Crippen molar-refractivity contribution in [2.45, 2.75) is 6.92 Å². The molecule has 0 atom stereocenters. The zero-order valence-electron chi connectivity index (χ0n) is 14.7. The zero-order valence-corrected chi connectivity index (χ0v) is 14.7. The van der Waals surface area contributed by atoms with Gasteiger partial charge in [0.25, 0.3) is 5.91 Å². The van der Waals surface area contributed by atoms with Gasteiger partial charge in [0.05, 0.1) is 6.61 Å². The molecular formula is C23H21NO2. The molecule has 3 heteroatoms. The maximum Gasteiger partial charge on any atom is 0.256 e. The Kier molecular flexibility index (Phi) is 5.84. The second kappa shape index (κ2) is 8.67. The maximum absolute atomic E-state index is 12.9. The van der Waals surface area contributed by atoms with E-state index >= 15 is 0 Å². The highest BCUT2D eigenvalue weighted by Gasteiger charge is 2.12. The van der Waals surface area contributed by atoms with Gasteiger partial charge in [0.2, 0.25) is 0 Å². The lowest BCUT2D eigenvalue weighted by Crippen LogP contribution is -2.13. The van der Waals surface area contributed by atoms with Crippen molar-refractivity contribution in [2.24, 2.45) is 0 Å². The van der Waals surface area contributed by atoms with Gasteiger partial charge in [-0.1, -0.05) is 60.7 Å². The van der Waals surface area contributed by atoms with E-state index in [9.17, 15) is 4.79 Å². The highest BCUT2D eigenvalue weighted by atomic mass is 16.5. The van der Waals surface area contributed by atoms with Crippen LogP contribution in [0.5, 0.6) is 5.75 Å². The summed E-state index contributed by atoms with van der Waals surface area (Å²) < 4.78 is 5.44. The van der Waals surface area contributed by atoms with Crippen LogP contribution < -0.4 is 10.1 Å². The van der Waals surface area contributed by atoms with Gasteiger partial charge < -0.3 is 10.1 Å². The summed E-state index contributed by atoms with van der Waals surface area (Å²) in [7, 11) is 0. The summed E-state index contributed by atoms with van der Waals surface area (Å²) in [5.74, 6) is 0.637. The van der Waals surface area contributed by atoms with Crippen LogP contribution in [0.1, 0.15) is 18.1 Å². The highest BCUT2D eigenvalue weighted by Crippen LogP contribution is 2.22. The van der Waals surface area contributed by atoms with Crippen molar-refractivity contribution in [3.63, 3.8) is 0 Å². The molecule has 3 aromatic rings. The van der Waals surface area contributed by atoms with E-state index in [1.54, 1.807) is 0 Å². The Morgan fingerprint density at radius 3 is 2.12 bits per heavy atom. The minimum Gasteiger partial charge on any atom is -0.494 e. The topological polar surface area (TPSA) is 38.3 Å². The fraction of sp³-hybridized carbons (Fsp3) is 0.0870. The monoisotopic (exact) mass is 343 g/mol. The molecule has 26 heavy (non-hydrogen) atoms. The Hall–Kier alpha value is -3.33. The Balaban J connectivity index is 1.87. The van der Waals surface area contributed by atoms with E-state index in [0.717, 1.165) is 22.6 Å². The number of hydrogen-bond acceptors (Lipinski definition) is 2. The summed E-state index contributed by atoms with van der Waals surface area (Å²) in [6.07, 6.45) is 1.90. The number of benzene rings is 3. The summed E-state index contributed by atoms with van der Waals surface area (Å²) in [5, 5.41) is 2.97. The molecule has 1 amide bonds. The molecule has 0 aliphatic heterocycles. The molecule has 130 valence electrons. The largest absolute Gasteiger partial charge is 0.494 e. The Bertz CT molecular complexity index is 869. The first kappa shape index (κ1) is 17.5. The molecule has 0 aliphatic rings. The van der Waals surface area contributed by atoms with Gasteiger partial charge in [0.1, 0.15) is 5.75 Å². The zero-order chi connectivity index (χ0) is 18.2. The predicted octanol–water partition coefficient (Wildman–Crippen LogP) is 5.26. The molecular weight excluding hydrogens is 322 g/mol. The summed E-state index contributed by atoms with van der Waals surface area (Å²) in [6.45, 7) is 2.56. The molecule has 0 aromatic heterocycles. The Labute approximate surface area is 154 Å². The van der Waals surface area contributed by atoms with E-state index in [-0.39, 0.29) is 5.91 Å². The number of ether oxygens (including phenoxy) is 1. The summed E-state index contributed by atoms with van der Waals surface area (Å²) in [5.41, 5.74) is 3.20. The average molecular weight is 343 g/mol. The third kappa shape index (κ3) is 4.61. The molecule has 0 unspecified atom stereocenters. The number of carbonyl (C=O) groups excluding carboxylic acids is 1. The van der Waals surface area contributed by atoms with E-state index in [0.29, 0.717) is 12.2 Å². The molecule has 3 aromatic carbocycles. The van der Waals surface area contributed by atoms with Crippen LogP contribution in [0.25, 0.3) is 11.6 Å². The van der Waals surface area contributed by atoms with Crippen LogP contribution in [0.4, 0.5) is 5.69 Å². The molecule has 0 bridgehead atoms. The minimum atomic E-state index is -0.149. The van der Waals surface area contributed by atoms with Crippen molar-refractivity contribution in [3.05, 3.63) is 96.1 Å². The number of anilines is 1. The number of rotatable bonds is 6. The first-order valence-corrected chi connectivity index (χ1v) is 8.62. The molecule has 0 spiro atoms. The lowest BCUT2D eigenvalue weighted by Gasteiger charge is -2.11. The van der Waals surface area contributed by atoms with E-state index in [2.05, 4.69) is 5.32 Å². The fourth-order valence-electron chi connectivity index (χ4n) is 2.61. The number of nitrogens with one attached hydrogen (secondary N) is 1. The fourth-order valence-corrected chi connectivity index (χ4v) is 2.61. The van der Waals surface area contributed by atoms with Crippen molar-refractivity contribution < 1.29 is 9.53 Å². The summed E-state index contributed by atoms with van der Waals surface area (Å²) in [4.78, 5) is 12.9. The second-order valence-electron chi connectivity index (χ2n) is 5.75. The molecule has 0 aliphatic carbocycles. The predicted molar refractivity (Wildman–Crippen MR) is 107 cm³/mol. The van der Waals surface area contributed by atoms with Gasteiger partial charge in [-0.15, -0.1) is 0 Å². The van der Waals surface area contributed by atoms with Crippen molar-refractivity contribution in [1.82, 2.24) is 0 Å². The van der Waals surface area contributed by atoms with Gasteiger partial charge in [-0.3, -0.25) is 4.79 Å². The third-order valence-electron chi connectivity index (χ3n) is 3.86. The smallest absolute Gasteiger partial charge is 0.256 e. The first-order chi connectivity index (χ1) is 12.8. The SMILES string of the molecule is CCOc1ccc(NC(=O)C(=Cc2ccccc2)c2ccccc2)cc1. The summed E-state index contributed by atoms with van der Waals surface area (Å²) >= 11 is 0. The van der Waals surface area contributed by atoms with Crippen LogP contribution in [-0.2, 0) is 4.79 Å². The van der Waals surface area contributed by atoms with Crippen LogP contribution in [0.2, 0.25) is 0 Å². The van der Waals surface area contributed by atoms with Crippen molar-refractivity contribution in [2.75, 3.05) is 11.9 Å². The van der Waals surface area contributed by atoms with Gasteiger partial charge >= 0.3 is 0 Å². The molecule has 3 nitrogen and oxygen atoms in total. The molecule has 0 heterocycles. The van der Waals surface area contributed by atoms with E-state index in [1.165, 1.54) is 0 Å². The van der Waals surface area contributed by atoms with Gasteiger partial charge in [-0.05, 0) is 48.4 Å². The standard InChI is InChI=1S/C23H21NO2/c1-2-26-21-15-13-20(14-16-21)24-23(25)22(19-11-7-4-8-12-19)17-18-9-5-3-6-10-18/h3-17H,2H2,1H3,(H,24,25). The Morgan fingerprint density at radius 2 is 1.50 bits per heavy atom. The van der Waals surface area contributed by atoms with E-state index in [4.69, 9.17) is 4.74 Å². The van der Waals surface area contributed by atoms with Crippen molar-refractivity contribution in [3.8, 4) is 5.75 Å². The minimum absolute atomic E-state index is 0.149. The van der Waals surface area contributed by atoms with Crippen LogP contribution in [0.3, 0.4) is 0 Å². The van der Waals surface area contributed by atoms with E-state index < -0.39 is 0 Å². The number of carbonyl (C=O) groups is 1. The van der Waals surface area contributed by atoms with Gasteiger partial charge in [0, 0.05) is 11.3 Å². The lowest BCUT2D eigenvalue weighted by atomic mass is 10.0. The molecule has 0 fully saturated rings. The van der Waals surface area contributed by atoms with Crippen LogP contribution >= 0.6 is 0 Å². The van der Waals surface area contributed by atoms with Crippen molar-refractivity contribution >= 4 is 23.2 Å². The van der Waals surface area contributed by atoms with Gasteiger partial charge in [0.15, 0.2) is 0 Å². The van der Waals surface area contributed by atoms with Crippen LogP contribution in [-0.4, -0.2) is 12.5 Å². The third-order valence-corrected chi connectivity index (χ3v) is 3.86. The van der Waals surface area contributed by atoms with Gasteiger partial charge in [-0.25, -0.2) is 0 Å². The molecule has 0 saturated carbocycles. The first-order valence-electron chi connectivity index (χ1n) is 8.62.